The van der Waals surface area contributed by atoms with Gasteiger partial charge in [-0.25, -0.2) is 13.1 Å². The van der Waals surface area contributed by atoms with E-state index in [4.69, 9.17) is 0 Å². The molecule has 1 saturated carbocycles. The van der Waals surface area contributed by atoms with Crippen molar-refractivity contribution in [3.63, 3.8) is 0 Å². The number of aliphatic hydroxyl groups excluding tert-OH is 1. The maximum atomic E-state index is 11.7. The summed E-state index contributed by atoms with van der Waals surface area (Å²) >= 11 is 0. The summed E-state index contributed by atoms with van der Waals surface area (Å²) in [5.41, 5.74) is 0. The number of rotatable bonds is 5. The highest BCUT2D eigenvalue weighted by Gasteiger charge is 2.23. The quantitative estimate of drug-likeness (QED) is 0.771. The van der Waals surface area contributed by atoms with Gasteiger partial charge in [-0.3, -0.25) is 0 Å². The van der Waals surface area contributed by atoms with Crippen molar-refractivity contribution < 1.29 is 13.5 Å². The van der Waals surface area contributed by atoms with Crippen LogP contribution in [0.15, 0.2) is 0 Å². The molecule has 0 radical (unpaired) electrons. The molecule has 16 heavy (non-hydrogen) atoms. The van der Waals surface area contributed by atoms with Crippen LogP contribution in [0.25, 0.3) is 0 Å². The zero-order valence-corrected chi connectivity index (χ0v) is 11.0. The monoisotopic (exact) mass is 249 g/mol. The van der Waals surface area contributed by atoms with Crippen molar-refractivity contribution >= 4 is 10.0 Å². The maximum Gasteiger partial charge on any atom is 0.211 e. The molecule has 0 heterocycles. The molecule has 0 aromatic heterocycles. The summed E-state index contributed by atoms with van der Waals surface area (Å²) in [6.07, 6.45) is 3.38. The first-order valence-corrected chi connectivity index (χ1v) is 7.72. The van der Waals surface area contributed by atoms with Crippen LogP contribution < -0.4 is 4.72 Å². The van der Waals surface area contributed by atoms with Crippen molar-refractivity contribution in [3.05, 3.63) is 0 Å². The fraction of sp³-hybridized carbons (Fsp3) is 1.00. The van der Waals surface area contributed by atoms with Gasteiger partial charge in [-0.2, -0.15) is 0 Å². The Kier molecular flexibility index (Phi) is 5.21. The molecular formula is C11H23NO3S. The topological polar surface area (TPSA) is 66.4 Å². The van der Waals surface area contributed by atoms with E-state index in [1.54, 1.807) is 0 Å². The summed E-state index contributed by atoms with van der Waals surface area (Å²) in [5.74, 6) is 0.619. The fourth-order valence-electron chi connectivity index (χ4n) is 1.90. The zero-order valence-electron chi connectivity index (χ0n) is 10.1. The smallest absolute Gasteiger partial charge is 0.211 e. The Bertz CT molecular complexity index is 292. The summed E-state index contributed by atoms with van der Waals surface area (Å²) in [4.78, 5) is 0. The highest BCUT2D eigenvalue weighted by Crippen LogP contribution is 2.19. The summed E-state index contributed by atoms with van der Waals surface area (Å²) in [6.45, 7) is 4.04. The number of nitrogens with one attached hydrogen (secondary N) is 1. The van der Waals surface area contributed by atoms with E-state index in [9.17, 15) is 13.5 Å². The van der Waals surface area contributed by atoms with Crippen molar-refractivity contribution in [2.24, 2.45) is 5.92 Å². The molecule has 4 nitrogen and oxygen atoms in total. The fourth-order valence-corrected chi connectivity index (χ4v) is 3.54. The van der Waals surface area contributed by atoms with Crippen LogP contribution >= 0.6 is 0 Å². The van der Waals surface area contributed by atoms with E-state index in [-0.39, 0.29) is 17.9 Å². The molecule has 2 N–H and O–H groups in total. The second-order valence-electron chi connectivity index (χ2n) is 5.12. The number of sulfonamides is 1. The molecule has 0 aliphatic heterocycles. The Morgan fingerprint density at radius 3 is 2.31 bits per heavy atom. The first-order chi connectivity index (χ1) is 7.39. The molecule has 1 aliphatic rings. The van der Waals surface area contributed by atoms with Gasteiger partial charge in [0.2, 0.25) is 10.0 Å². The van der Waals surface area contributed by atoms with E-state index >= 15 is 0 Å². The molecule has 1 aliphatic carbocycles. The molecule has 0 amide bonds. The molecular weight excluding hydrogens is 226 g/mol. The van der Waals surface area contributed by atoms with Crippen molar-refractivity contribution in [2.45, 2.75) is 58.1 Å². The van der Waals surface area contributed by atoms with Crippen LogP contribution in [0.1, 0.15) is 46.0 Å². The third-order valence-corrected chi connectivity index (χ3v) is 4.47. The van der Waals surface area contributed by atoms with Crippen LogP contribution in [0.4, 0.5) is 0 Å². The first kappa shape index (κ1) is 13.9. The van der Waals surface area contributed by atoms with Gasteiger partial charge >= 0.3 is 0 Å². The number of aliphatic hydroxyl groups is 1. The lowest BCUT2D eigenvalue weighted by molar-refractivity contribution is 0.120. The van der Waals surface area contributed by atoms with Crippen LogP contribution in [0.5, 0.6) is 0 Å². The Hall–Kier alpha value is -0.130. The minimum Gasteiger partial charge on any atom is -0.393 e. The van der Waals surface area contributed by atoms with Crippen LogP contribution in [-0.4, -0.2) is 31.4 Å². The summed E-state index contributed by atoms with van der Waals surface area (Å²) in [7, 11) is -3.13. The van der Waals surface area contributed by atoms with Crippen LogP contribution in [-0.2, 0) is 10.0 Å². The van der Waals surface area contributed by atoms with E-state index in [1.165, 1.54) is 0 Å². The van der Waals surface area contributed by atoms with E-state index < -0.39 is 10.0 Å². The van der Waals surface area contributed by atoms with Crippen molar-refractivity contribution in [1.29, 1.82) is 0 Å². The second kappa shape index (κ2) is 5.98. The van der Waals surface area contributed by atoms with E-state index in [0.717, 1.165) is 12.8 Å². The van der Waals surface area contributed by atoms with Gasteiger partial charge in [-0.1, -0.05) is 13.8 Å². The van der Waals surface area contributed by atoms with Crippen LogP contribution in [0.2, 0.25) is 0 Å². The molecule has 1 fully saturated rings. The van der Waals surface area contributed by atoms with Gasteiger partial charge in [0.25, 0.3) is 0 Å². The Morgan fingerprint density at radius 2 is 1.81 bits per heavy atom. The lowest BCUT2D eigenvalue weighted by atomic mass is 9.94. The Balaban J connectivity index is 2.35. The standard InChI is InChI=1S/C11H23NO3S/c1-9(2)7-8-16(14,15)12-10-3-5-11(13)6-4-10/h9-13H,3-8H2,1-2H3. The lowest BCUT2D eigenvalue weighted by Gasteiger charge is -2.26. The van der Waals surface area contributed by atoms with Crippen molar-refractivity contribution in [3.8, 4) is 0 Å². The van der Waals surface area contributed by atoms with Gasteiger partial charge in [0.15, 0.2) is 0 Å². The molecule has 5 heteroatoms. The van der Waals surface area contributed by atoms with Gasteiger partial charge in [0.1, 0.15) is 0 Å². The summed E-state index contributed by atoms with van der Waals surface area (Å²) in [6, 6.07) is 0.0283. The van der Waals surface area contributed by atoms with E-state index in [0.29, 0.717) is 25.2 Å². The van der Waals surface area contributed by atoms with Crippen LogP contribution in [0, 0.1) is 5.92 Å². The van der Waals surface area contributed by atoms with Crippen molar-refractivity contribution in [1.82, 2.24) is 4.72 Å². The predicted molar refractivity (Wildman–Crippen MR) is 64.6 cm³/mol. The molecule has 0 spiro atoms. The maximum absolute atomic E-state index is 11.7. The molecule has 1 rings (SSSR count). The predicted octanol–water partition coefficient (Wildman–Crippen LogP) is 1.26. The van der Waals surface area contributed by atoms with E-state index in [2.05, 4.69) is 4.72 Å². The van der Waals surface area contributed by atoms with Gasteiger partial charge in [-0.05, 0) is 38.0 Å². The second-order valence-corrected chi connectivity index (χ2v) is 7.00. The zero-order chi connectivity index (χ0) is 12.2. The van der Waals surface area contributed by atoms with Gasteiger partial charge in [-0.15, -0.1) is 0 Å². The normalized spacial score (nSPS) is 27.2. The molecule has 0 bridgehead atoms. The lowest BCUT2D eigenvalue weighted by Crippen LogP contribution is -2.39. The molecule has 0 unspecified atom stereocenters. The first-order valence-electron chi connectivity index (χ1n) is 6.07. The van der Waals surface area contributed by atoms with Crippen LogP contribution in [0.3, 0.4) is 0 Å². The minimum atomic E-state index is -3.13. The number of hydrogen-bond donors (Lipinski definition) is 2. The van der Waals surface area contributed by atoms with E-state index in [1.807, 2.05) is 13.8 Å². The van der Waals surface area contributed by atoms with Gasteiger partial charge < -0.3 is 5.11 Å². The average Bonchev–Trinajstić information content (AvgIpc) is 2.19. The highest BCUT2D eigenvalue weighted by atomic mass is 32.2. The summed E-state index contributed by atoms with van der Waals surface area (Å²) in [5, 5.41) is 9.32. The van der Waals surface area contributed by atoms with Crippen molar-refractivity contribution in [2.75, 3.05) is 5.75 Å². The molecule has 0 aromatic carbocycles. The molecule has 0 saturated heterocycles. The summed E-state index contributed by atoms with van der Waals surface area (Å²) < 4.78 is 26.2. The Labute approximate surface area is 98.5 Å². The Morgan fingerprint density at radius 1 is 1.25 bits per heavy atom. The van der Waals surface area contributed by atoms with Gasteiger partial charge in [0, 0.05) is 6.04 Å². The SMILES string of the molecule is CC(C)CCS(=O)(=O)NC1CCC(O)CC1. The third kappa shape index (κ3) is 5.27. The highest BCUT2D eigenvalue weighted by molar-refractivity contribution is 7.89. The molecule has 96 valence electrons. The minimum absolute atomic E-state index is 0.0283. The largest absolute Gasteiger partial charge is 0.393 e. The average molecular weight is 249 g/mol. The third-order valence-electron chi connectivity index (χ3n) is 3.01. The number of hydrogen-bond acceptors (Lipinski definition) is 3. The molecule has 0 atom stereocenters. The van der Waals surface area contributed by atoms with Gasteiger partial charge in [0.05, 0.1) is 11.9 Å². The molecule has 0 aromatic rings.